The summed E-state index contributed by atoms with van der Waals surface area (Å²) in [5, 5.41) is 3.12. The van der Waals surface area contributed by atoms with Crippen LogP contribution in [0.3, 0.4) is 0 Å². The normalized spacial score (nSPS) is 10.2. The van der Waals surface area contributed by atoms with Gasteiger partial charge in [-0.25, -0.2) is 0 Å². The quantitative estimate of drug-likeness (QED) is 0.797. The zero-order valence-corrected chi connectivity index (χ0v) is 12.5. The van der Waals surface area contributed by atoms with Crippen molar-refractivity contribution in [3.63, 3.8) is 0 Å². The maximum Gasteiger partial charge on any atom is 0.128 e. The number of rotatable bonds is 8. The Bertz CT molecular complexity index is 393. The molecular weight excluding hydrogens is 294 g/mol. The maximum atomic E-state index is 5.71. The van der Waals surface area contributed by atoms with Crippen molar-refractivity contribution in [3.05, 3.63) is 34.8 Å². The van der Waals surface area contributed by atoms with E-state index >= 15 is 0 Å². The molecule has 0 spiro atoms. The van der Waals surface area contributed by atoms with Gasteiger partial charge in [-0.15, -0.1) is 0 Å². The predicted molar refractivity (Wildman–Crippen MR) is 78.6 cm³/mol. The number of nitrogens with one attached hydrogen (secondary N) is 1. The number of halogens is 1. The van der Waals surface area contributed by atoms with E-state index in [0.717, 1.165) is 41.1 Å². The third kappa shape index (κ3) is 5.10. The summed E-state index contributed by atoms with van der Waals surface area (Å²) >= 11 is 3.29. The van der Waals surface area contributed by atoms with Gasteiger partial charge >= 0.3 is 0 Å². The lowest BCUT2D eigenvalue weighted by Crippen LogP contribution is -2.08. The van der Waals surface area contributed by atoms with Crippen LogP contribution in [0.4, 0.5) is 0 Å². The average molecular weight is 314 g/mol. The molecule has 0 bridgehead atoms. The highest BCUT2D eigenvalue weighted by Gasteiger charge is 2.06. The molecule has 0 saturated heterocycles. The summed E-state index contributed by atoms with van der Waals surface area (Å²) in [7, 11) is 1.91. The summed E-state index contributed by atoms with van der Waals surface area (Å²) in [5.41, 5.74) is 1.11. The second-order valence-electron chi connectivity index (χ2n) is 3.95. The largest absolute Gasteiger partial charge is 0.493 e. The molecule has 1 aromatic rings. The van der Waals surface area contributed by atoms with E-state index in [-0.39, 0.29) is 0 Å². The van der Waals surface area contributed by atoms with Crippen LogP contribution in [0.15, 0.2) is 29.3 Å². The molecule has 4 heteroatoms. The predicted octanol–water partition coefficient (Wildman–Crippen LogP) is 3.48. The molecule has 1 aromatic carbocycles. The molecule has 0 atom stereocenters. The van der Waals surface area contributed by atoms with Crippen molar-refractivity contribution in [1.29, 1.82) is 0 Å². The Labute approximate surface area is 117 Å². The summed E-state index contributed by atoms with van der Waals surface area (Å²) in [4.78, 5) is 0. The molecule has 100 valence electrons. The molecule has 1 rings (SSSR count). The molecule has 0 radical (unpaired) electrons. The minimum atomic E-state index is 0.452. The summed E-state index contributed by atoms with van der Waals surface area (Å²) in [6.45, 7) is 7.78. The minimum absolute atomic E-state index is 0.452. The van der Waals surface area contributed by atoms with Gasteiger partial charge in [0.25, 0.3) is 0 Å². The topological polar surface area (TPSA) is 30.5 Å². The number of hydrogen-bond acceptors (Lipinski definition) is 3. The Balaban J connectivity index is 2.81. The minimum Gasteiger partial charge on any atom is -0.493 e. The van der Waals surface area contributed by atoms with Crippen LogP contribution in [0.1, 0.15) is 18.9 Å². The van der Waals surface area contributed by atoms with Crippen LogP contribution in [-0.4, -0.2) is 20.3 Å². The average Bonchev–Trinajstić information content (AvgIpc) is 2.36. The van der Waals surface area contributed by atoms with E-state index in [1.165, 1.54) is 0 Å². The molecule has 1 N–H and O–H groups in total. The van der Waals surface area contributed by atoms with E-state index in [9.17, 15) is 0 Å². The summed E-state index contributed by atoms with van der Waals surface area (Å²) in [5.74, 6) is 1.67. The van der Waals surface area contributed by atoms with E-state index < -0.39 is 0 Å². The SMILES string of the molecule is C=C(Br)COc1cc(OCCC)ccc1CNC. The lowest BCUT2D eigenvalue weighted by atomic mass is 10.2. The van der Waals surface area contributed by atoms with Crippen LogP contribution in [0, 0.1) is 0 Å². The Kier molecular flexibility index (Phi) is 6.83. The summed E-state index contributed by atoms with van der Waals surface area (Å²) < 4.78 is 12.1. The number of ether oxygens (including phenoxy) is 2. The second-order valence-corrected chi connectivity index (χ2v) is 5.08. The fourth-order valence-corrected chi connectivity index (χ4v) is 1.59. The summed E-state index contributed by atoms with van der Waals surface area (Å²) in [6, 6.07) is 5.92. The van der Waals surface area contributed by atoms with Gasteiger partial charge in [-0.05, 0) is 19.5 Å². The van der Waals surface area contributed by atoms with Crippen LogP contribution < -0.4 is 14.8 Å². The molecule has 0 saturated carbocycles. The molecule has 0 amide bonds. The molecule has 0 aliphatic rings. The van der Waals surface area contributed by atoms with Gasteiger partial charge in [0.05, 0.1) is 6.61 Å². The molecule has 0 unspecified atom stereocenters. The van der Waals surface area contributed by atoms with Crippen molar-refractivity contribution in [3.8, 4) is 11.5 Å². The van der Waals surface area contributed by atoms with Gasteiger partial charge in [0, 0.05) is 22.7 Å². The highest BCUT2D eigenvalue weighted by Crippen LogP contribution is 2.26. The van der Waals surface area contributed by atoms with E-state index in [1.807, 2.05) is 25.2 Å². The Morgan fingerprint density at radius 3 is 2.78 bits per heavy atom. The zero-order chi connectivity index (χ0) is 13.4. The van der Waals surface area contributed by atoms with Crippen LogP contribution in [0.2, 0.25) is 0 Å². The Hall–Kier alpha value is -1.00. The Morgan fingerprint density at radius 2 is 2.17 bits per heavy atom. The molecule has 0 aliphatic carbocycles. The van der Waals surface area contributed by atoms with E-state index in [2.05, 4.69) is 34.7 Å². The molecule has 0 heterocycles. The van der Waals surface area contributed by atoms with Gasteiger partial charge in [0.15, 0.2) is 0 Å². The second kappa shape index (κ2) is 8.16. The highest BCUT2D eigenvalue weighted by molar-refractivity contribution is 9.11. The molecule has 18 heavy (non-hydrogen) atoms. The first-order chi connectivity index (χ1) is 8.67. The maximum absolute atomic E-state index is 5.71. The third-order valence-electron chi connectivity index (χ3n) is 2.26. The third-order valence-corrected chi connectivity index (χ3v) is 2.49. The van der Waals surface area contributed by atoms with Crippen molar-refractivity contribution in [2.75, 3.05) is 20.3 Å². The van der Waals surface area contributed by atoms with Crippen molar-refractivity contribution in [2.45, 2.75) is 19.9 Å². The van der Waals surface area contributed by atoms with Crippen molar-refractivity contribution in [1.82, 2.24) is 5.32 Å². The number of benzene rings is 1. The lowest BCUT2D eigenvalue weighted by Gasteiger charge is -2.13. The smallest absolute Gasteiger partial charge is 0.128 e. The van der Waals surface area contributed by atoms with E-state index in [4.69, 9.17) is 9.47 Å². The van der Waals surface area contributed by atoms with Gasteiger partial charge in [-0.3, -0.25) is 0 Å². The van der Waals surface area contributed by atoms with Gasteiger partial charge < -0.3 is 14.8 Å². The fraction of sp³-hybridized carbons (Fsp3) is 0.429. The lowest BCUT2D eigenvalue weighted by molar-refractivity contribution is 0.311. The van der Waals surface area contributed by atoms with Crippen molar-refractivity contribution < 1.29 is 9.47 Å². The first kappa shape index (κ1) is 15.1. The van der Waals surface area contributed by atoms with Crippen LogP contribution in [-0.2, 0) is 6.54 Å². The zero-order valence-electron chi connectivity index (χ0n) is 11.0. The van der Waals surface area contributed by atoms with Crippen LogP contribution in [0.25, 0.3) is 0 Å². The van der Waals surface area contributed by atoms with E-state index in [0.29, 0.717) is 6.61 Å². The number of hydrogen-bond donors (Lipinski definition) is 1. The molecule has 0 aliphatic heterocycles. The van der Waals surface area contributed by atoms with Gasteiger partial charge in [-0.2, -0.15) is 0 Å². The molecule has 0 aromatic heterocycles. The van der Waals surface area contributed by atoms with Gasteiger partial charge in [0.2, 0.25) is 0 Å². The van der Waals surface area contributed by atoms with E-state index in [1.54, 1.807) is 0 Å². The van der Waals surface area contributed by atoms with Gasteiger partial charge in [-0.1, -0.05) is 35.5 Å². The van der Waals surface area contributed by atoms with Crippen molar-refractivity contribution in [2.24, 2.45) is 0 Å². The highest BCUT2D eigenvalue weighted by atomic mass is 79.9. The van der Waals surface area contributed by atoms with Crippen LogP contribution in [0.5, 0.6) is 11.5 Å². The first-order valence-corrected chi connectivity index (χ1v) is 6.83. The van der Waals surface area contributed by atoms with Crippen molar-refractivity contribution >= 4 is 15.9 Å². The first-order valence-electron chi connectivity index (χ1n) is 6.03. The monoisotopic (exact) mass is 313 g/mol. The Morgan fingerprint density at radius 1 is 1.39 bits per heavy atom. The summed E-state index contributed by atoms with van der Waals surface area (Å²) in [6.07, 6.45) is 0.993. The molecular formula is C14H20BrNO2. The fourth-order valence-electron chi connectivity index (χ4n) is 1.47. The van der Waals surface area contributed by atoms with Crippen LogP contribution >= 0.6 is 15.9 Å². The molecule has 3 nitrogen and oxygen atoms in total. The standard InChI is InChI=1S/C14H20BrNO2/c1-4-7-17-13-6-5-12(9-16-3)14(8-13)18-10-11(2)15/h5-6,8,16H,2,4,7,9-10H2,1,3H3. The molecule has 0 fully saturated rings. The van der Waals surface area contributed by atoms with Gasteiger partial charge in [0.1, 0.15) is 18.1 Å².